The van der Waals surface area contributed by atoms with Crippen molar-refractivity contribution in [1.82, 2.24) is 15.0 Å². The maximum Gasteiger partial charge on any atom is 0.225 e. The summed E-state index contributed by atoms with van der Waals surface area (Å²) in [4.78, 5) is 15.4. The lowest BCUT2D eigenvalue weighted by Gasteiger charge is -2.31. The van der Waals surface area contributed by atoms with Crippen LogP contribution < -0.4 is 15.0 Å². The van der Waals surface area contributed by atoms with Gasteiger partial charge in [0.1, 0.15) is 11.9 Å². The van der Waals surface area contributed by atoms with Gasteiger partial charge in [-0.3, -0.25) is 0 Å². The van der Waals surface area contributed by atoms with E-state index >= 15 is 0 Å². The van der Waals surface area contributed by atoms with Gasteiger partial charge in [0.25, 0.3) is 0 Å². The first-order valence-electron chi connectivity index (χ1n) is 11.2. The minimum Gasteiger partial charge on any atom is -0.474 e. The van der Waals surface area contributed by atoms with E-state index in [9.17, 15) is 12.8 Å². The van der Waals surface area contributed by atoms with Crippen LogP contribution >= 0.6 is 0 Å². The Morgan fingerprint density at radius 2 is 1.76 bits per heavy atom. The molecule has 1 aliphatic heterocycles. The fourth-order valence-corrected chi connectivity index (χ4v) is 4.32. The number of nitrogens with zero attached hydrogens (tertiary/aromatic N) is 4. The minimum atomic E-state index is -3.45. The second-order valence-electron chi connectivity index (χ2n) is 8.32. The van der Waals surface area contributed by atoms with Gasteiger partial charge < -0.3 is 15.0 Å². The Morgan fingerprint density at radius 3 is 2.35 bits per heavy atom. The molecule has 10 heteroatoms. The number of benzene rings is 1. The highest BCUT2D eigenvalue weighted by Crippen LogP contribution is 2.22. The van der Waals surface area contributed by atoms with E-state index < -0.39 is 15.7 Å². The van der Waals surface area contributed by atoms with Gasteiger partial charge in [0.2, 0.25) is 11.8 Å². The summed E-state index contributed by atoms with van der Waals surface area (Å²) in [7, 11) is -3.45. The van der Waals surface area contributed by atoms with Gasteiger partial charge in [-0.15, -0.1) is 0 Å². The van der Waals surface area contributed by atoms with E-state index in [1.165, 1.54) is 12.1 Å². The summed E-state index contributed by atoms with van der Waals surface area (Å²) >= 11 is 0. The molecule has 0 aliphatic carbocycles. The number of rotatable bonds is 8. The molecule has 3 heterocycles. The molecule has 0 bridgehead atoms. The molecule has 0 atom stereocenters. The molecule has 1 aliphatic rings. The number of ether oxygens (including phenoxy) is 1. The quantitative estimate of drug-likeness (QED) is 0.517. The fraction of sp³-hybridized carbons (Fsp3) is 0.375. The molecule has 1 fully saturated rings. The molecular weight excluding hydrogens is 457 g/mol. The van der Waals surface area contributed by atoms with Crippen LogP contribution in [-0.2, 0) is 22.8 Å². The molecule has 180 valence electrons. The fourth-order valence-electron chi connectivity index (χ4n) is 3.69. The van der Waals surface area contributed by atoms with E-state index in [4.69, 9.17) is 4.74 Å². The number of pyridine rings is 1. The molecule has 34 heavy (non-hydrogen) atoms. The van der Waals surface area contributed by atoms with Crippen LogP contribution in [0.5, 0.6) is 5.88 Å². The number of nitrogens with one attached hydrogen (secondary N) is 1. The first-order valence-corrected chi connectivity index (χ1v) is 13.1. The summed E-state index contributed by atoms with van der Waals surface area (Å²) in [6.45, 7) is 4.07. The van der Waals surface area contributed by atoms with Gasteiger partial charge in [0.15, 0.2) is 9.84 Å². The zero-order valence-electron chi connectivity index (χ0n) is 19.2. The van der Waals surface area contributed by atoms with Crippen LogP contribution in [0.1, 0.15) is 30.9 Å². The van der Waals surface area contributed by atoms with Crippen molar-refractivity contribution >= 4 is 21.5 Å². The monoisotopic (exact) mass is 485 g/mol. The summed E-state index contributed by atoms with van der Waals surface area (Å²) in [6, 6.07) is 7.50. The van der Waals surface area contributed by atoms with Gasteiger partial charge >= 0.3 is 0 Å². The van der Waals surface area contributed by atoms with Gasteiger partial charge in [-0.25, -0.2) is 27.8 Å². The Labute approximate surface area is 199 Å². The maximum atomic E-state index is 14.2. The highest BCUT2D eigenvalue weighted by Gasteiger charge is 2.22. The van der Waals surface area contributed by atoms with Crippen LogP contribution in [0.2, 0.25) is 0 Å². The Bertz CT molecular complexity index is 1210. The van der Waals surface area contributed by atoms with Crippen LogP contribution in [-0.4, -0.2) is 48.8 Å². The highest BCUT2D eigenvalue weighted by atomic mass is 32.2. The Kier molecular flexibility index (Phi) is 7.26. The second kappa shape index (κ2) is 10.3. The average Bonchev–Trinajstić information content (AvgIpc) is 2.84. The summed E-state index contributed by atoms with van der Waals surface area (Å²) in [6.07, 6.45) is 9.20. The van der Waals surface area contributed by atoms with E-state index in [1.807, 2.05) is 18.5 Å². The van der Waals surface area contributed by atoms with Gasteiger partial charge in [0.05, 0.1) is 10.6 Å². The number of piperidine rings is 1. The molecule has 0 radical (unpaired) electrons. The van der Waals surface area contributed by atoms with E-state index in [0.29, 0.717) is 12.4 Å². The molecule has 1 saturated heterocycles. The van der Waals surface area contributed by atoms with Crippen molar-refractivity contribution in [3.63, 3.8) is 0 Å². The summed E-state index contributed by atoms with van der Waals surface area (Å²) in [5.41, 5.74) is 2.20. The van der Waals surface area contributed by atoms with Crippen molar-refractivity contribution in [3.05, 3.63) is 65.9 Å². The van der Waals surface area contributed by atoms with E-state index in [-0.39, 0.29) is 16.7 Å². The van der Waals surface area contributed by atoms with Gasteiger partial charge in [-0.05, 0) is 35.7 Å². The van der Waals surface area contributed by atoms with Crippen LogP contribution in [0.25, 0.3) is 0 Å². The highest BCUT2D eigenvalue weighted by molar-refractivity contribution is 7.90. The minimum absolute atomic E-state index is 0.0496. The number of sulfone groups is 1. The van der Waals surface area contributed by atoms with Gasteiger partial charge in [0, 0.05) is 63.4 Å². The van der Waals surface area contributed by atoms with Crippen LogP contribution in [0.4, 0.5) is 16.0 Å². The SMILES string of the molecule is CCc1cnc(N2CCC(Oc3ccc(CNc4ccc(S(C)(=O)=O)cc4F)cn3)CC2)nc1. The van der Waals surface area contributed by atoms with E-state index in [0.717, 1.165) is 61.7 Å². The van der Waals surface area contributed by atoms with Gasteiger partial charge in [-0.2, -0.15) is 0 Å². The van der Waals surface area contributed by atoms with Crippen molar-refractivity contribution in [1.29, 1.82) is 0 Å². The number of halogens is 1. The number of aromatic nitrogens is 3. The maximum absolute atomic E-state index is 14.2. The first-order chi connectivity index (χ1) is 16.3. The molecule has 0 saturated carbocycles. The largest absolute Gasteiger partial charge is 0.474 e. The number of aryl methyl sites for hydroxylation is 1. The van der Waals surface area contributed by atoms with Crippen LogP contribution in [0.15, 0.2) is 53.8 Å². The standard InChI is InChI=1S/C24H28FN5O3S/c1-3-17-13-28-24(29-14-17)30-10-8-19(9-11-30)33-23-7-4-18(16-27-23)15-26-22-6-5-20(12-21(22)25)34(2,31)32/h4-7,12-14,16,19,26H,3,8-11,15H2,1-2H3. The number of hydrogen-bond acceptors (Lipinski definition) is 8. The third kappa shape index (κ3) is 5.99. The van der Waals surface area contributed by atoms with E-state index in [1.54, 1.807) is 12.3 Å². The van der Waals surface area contributed by atoms with Crippen molar-refractivity contribution in [2.24, 2.45) is 0 Å². The molecular formula is C24H28FN5O3S. The Balaban J connectivity index is 1.26. The molecule has 2 aromatic heterocycles. The van der Waals surface area contributed by atoms with Crippen molar-refractivity contribution < 1.29 is 17.5 Å². The van der Waals surface area contributed by atoms with Gasteiger partial charge in [-0.1, -0.05) is 13.0 Å². The number of anilines is 2. The van der Waals surface area contributed by atoms with E-state index in [2.05, 4.69) is 32.1 Å². The first kappa shape index (κ1) is 23.9. The lowest BCUT2D eigenvalue weighted by Crippen LogP contribution is -2.39. The lowest BCUT2D eigenvalue weighted by molar-refractivity contribution is 0.163. The zero-order valence-corrected chi connectivity index (χ0v) is 20.1. The molecule has 1 N–H and O–H groups in total. The topological polar surface area (TPSA) is 97.3 Å². The predicted octanol–water partition coefficient (Wildman–Crippen LogP) is 3.64. The molecule has 3 aromatic rings. The summed E-state index contributed by atoms with van der Waals surface area (Å²) in [5, 5.41) is 2.97. The summed E-state index contributed by atoms with van der Waals surface area (Å²) in [5.74, 6) is 0.691. The third-order valence-corrected chi connectivity index (χ3v) is 6.87. The Morgan fingerprint density at radius 1 is 1.06 bits per heavy atom. The lowest BCUT2D eigenvalue weighted by atomic mass is 10.1. The Hall–Kier alpha value is -3.27. The second-order valence-corrected chi connectivity index (χ2v) is 10.3. The molecule has 4 rings (SSSR count). The smallest absolute Gasteiger partial charge is 0.225 e. The molecule has 0 amide bonds. The van der Waals surface area contributed by atoms with Crippen LogP contribution in [0.3, 0.4) is 0 Å². The number of hydrogen-bond donors (Lipinski definition) is 1. The third-order valence-electron chi connectivity index (χ3n) is 5.76. The molecule has 8 nitrogen and oxygen atoms in total. The zero-order chi connectivity index (χ0) is 24.1. The van der Waals surface area contributed by atoms with Crippen molar-refractivity contribution in [2.45, 2.75) is 43.7 Å². The summed E-state index contributed by atoms with van der Waals surface area (Å²) < 4.78 is 43.3. The normalized spacial score (nSPS) is 14.7. The van der Waals surface area contributed by atoms with Crippen LogP contribution in [0, 0.1) is 5.82 Å². The molecule has 1 aromatic carbocycles. The molecule has 0 unspecified atom stereocenters. The average molecular weight is 486 g/mol. The predicted molar refractivity (Wildman–Crippen MR) is 128 cm³/mol. The van der Waals surface area contributed by atoms with Crippen molar-refractivity contribution in [2.75, 3.05) is 29.6 Å². The molecule has 0 spiro atoms. The van der Waals surface area contributed by atoms with Crippen molar-refractivity contribution in [3.8, 4) is 5.88 Å².